The number of rotatable bonds is 3. The van der Waals surface area contributed by atoms with Gasteiger partial charge in [-0.3, -0.25) is 9.59 Å². The van der Waals surface area contributed by atoms with Crippen LogP contribution in [0.3, 0.4) is 0 Å². The summed E-state index contributed by atoms with van der Waals surface area (Å²) >= 11 is 0. The molecule has 2 rings (SSSR count). The summed E-state index contributed by atoms with van der Waals surface area (Å²) in [6, 6.07) is 5.40. The number of nitrogen functional groups attached to an aromatic ring is 1. The summed E-state index contributed by atoms with van der Waals surface area (Å²) in [4.78, 5) is 25.5. The summed E-state index contributed by atoms with van der Waals surface area (Å²) in [6.45, 7) is 4.98. The van der Waals surface area contributed by atoms with Crippen molar-refractivity contribution in [2.45, 2.75) is 20.3 Å². The molecule has 102 valence electrons. The predicted molar refractivity (Wildman–Crippen MR) is 74.6 cm³/mol. The van der Waals surface area contributed by atoms with Crippen LogP contribution < -0.4 is 11.1 Å². The molecule has 1 aromatic carbocycles. The van der Waals surface area contributed by atoms with E-state index < -0.39 is 0 Å². The minimum Gasteiger partial charge on any atom is -0.399 e. The molecule has 0 radical (unpaired) electrons. The Balaban J connectivity index is 2.06. The molecule has 0 saturated carbocycles. The van der Waals surface area contributed by atoms with Crippen molar-refractivity contribution < 1.29 is 9.59 Å². The molecule has 0 bridgehead atoms. The van der Waals surface area contributed by atoms with Gasteiger partial charge in [0.25, 0.3) is 0 Å². The molecule has 0 aliphatic carbocycles. The predicted octanol–water partition coefficient (Wildman–Crippen LogP) is 1.38. The van der Waals surface area contributed by atoms with Crippen LogP contribution in [0.2, 0.25) is 0 Å². The highest BCUT2D eigenvalue weighted by atomic mass is 16.2. The monoisotopic (exact) mass is 261 g/mol. The van der Waals surface area contributed by atoms with Crippen LogP contribution in [-0.2, 0) is 9.59 Å². The maximum Gasteiger partial charge on any atom is 0.229 e. The van der Waals surface area contributed by atoms with E-state index >= 15 is 0 Å². The van der Waals surface area contributed by atoms with Gasteiger partial charge >= 0.3 is 0 Å². The second kappa shape index (κ2) is 5.30. The third-order valence-corrected chi connectivity index (χ3v) is 3.49. The Kier molecular flexibility index (Phi) is 3.74. The van der Waals surface area contributed by atoms with Crippen LogP contribution in [0.4, 0.5) is 11.4 Å². The molecule has 1 unspecified atom stereocenters. The Labute approximate surface area is 112 Å². The summed E-state index contributed by atoms with van der Waals surface area (Å²) in [6.07, 6.45) is 0.293. The summed E-state index contributed by atoms with van der Waals surface area (Å²) in [5, 5.41) is 2.86. The zero-order valence-electron chi connectivity index (χ0n) is 11.3. The fourth-order valence-corrected chi connectivity index (χ4v) is 2.26. The minimum atomic E-state index is -0.270. The summed E-state index contributed by atoms with van der Waals surface area (Å²) in [7, 11) is 0. The number of benzene rings is 1. The Morgan fingerprint density at radius 3 is 2.89 bits per heavy atom. The van der Waals surface area contributed by atoms with Gasteiger partial charge in [-0.2, -0.15) is 0 Å². The zero-order valence-corrected chi connectivity index (χ0v) is 11.3. The van der Waals surface area contributed by atoms with Gasteiger partial charge in [0, 0.05) is 30.9 Å². The van der Waals surface area contributed by atoms with Crippen LogP contribution in [-0.4, -0.2) is 29.8 Å². The van der Waals surface area contributed by atoms with Crippen LogP contribution in [0, 0.1) is 12.8 Å². The maximum atomic E-state index is 12.2. The lowest BCUT2D eigenvalue weighted by molar-refractivity contribution is -0.128. The highest BCUT2D eigenvalue weighted by molar-refractivity contribution is 5.97. The van der Waals surface area contributed by atoms with Gasteiger partial charge in [-0.15, -0.1) is 0 Å². The molecule has 3 N–H and O–H groups in total. The summed E-state index contributed by atoms with van der Waals surface area (Å²) in [5.74, 6) is -0.335. The van der Waals surface area contributed by atoms with E-state index in [0.717, 1.165) is 5.56 Å². The molecule has 1 saturated heterocycles. The Hall–Kier alpha value is -2.04. The van der Waals surface area contributed by atoms with Crippen LogP contribution in [0.25, 0.3) is 0 Å². The fraction of sp³-hybridized carbons (Fsp3) is 0.429. The SMILES string of the molecule is CCN1CC(C(=O)Nc2cc(N)ccc2C)CC1=O. The molecule has 1 fully saturated rings. The van der Waals surface area contributed by atoms with Gasteiger partial charge in [-0.05, 0) is 31.5 Å². The highest BCUT2D eigenvalue weighted by Crippen LogP contribution is 2.22. The van der Waals surface area contributed by atoms with E-state index in [0.29, 0.717) is 30.9 Å². The normalized spacial score (nSPS) is 18.7. The molecule has 1 aromatic rings. The third-order valence-electron chi connectivity index (χ3n) is 3.49. The van der Waals surface area contributed by atoms with Crippen LogP contribution >= 0.6 is 0 Å². The number of nitrogens with zero attached hydrogens (tertiary/aromatic N) is 1. The van der Waals surface area contributed by atoms with E-state index in [1.165, 1.54) is 0 Å². The molecule has 5 nitrogen and oxygen atoms in total. The van der Waals surface area contributed by atoms with Gasteiger partial charge in [-0.1, -0.05) is 6.07 Å². The highest BCUT2D eigenvalue weighted by Gasteiger charge is 2.33. The summed E-state index contributed by atoms with van der Waals surface area (Å²) in [5.41, 5.74) is 7.99. The lowest BCUT2D eigenvalue weighted by Gasteiger charge is -2.14. The van der Waals surface area contributed by atoms with E-state index in [1.807, 2.05) is 19.9 Å². The zero-order chi connectivity index (χ0) is 14.0. The quantitative estimate of drug-likeness (QED) is 0.807. The standard InChI is InChI=1S/C14H19N3O2/c1-3-17-8-10(6-13(17)18)14(19)16-12-7-11(15)5-4-9(12)2/h4-5,7,10H,3,6,8,15H2,1-2H3,(H,16,19). The van der Waals surface area contributed by atoms with Gasteiger partial charge < -0.3 is 16.0 Å². The van der Waals surface area contributed by atoms with Crippen molar-refractivity contribution in [2.75, 3.05) is 24.1 Å². The topological polar surface area (TPSA) is 75.4 Å². The van der Waals surface area contributed by atoms with Crippen molar-refractivity contribution >= 4 is 23.2 Å². The van der Waals surface area contributed by atoms with E-state index in [9.17, 15) is 9.59 Å². The molecular formula is C14H19N3O2. The van der Waals surface area contributed by atoms with E-state index in [-0.39, 0.29) is 17.7 Å². The fourth-order valence-electron chi connectivity index (χ4n) is 2.26. The number of hydrogen-bond donors (Lipinski definition) is 2. The molecule has 0 spiro atoms. The number of nitrogens with one attached hydrogen (secondary N) is 1. The van der Waals surface area contributed by atoms with E-state index in [1.54, 1.807) is 17.0 Å². The molecule has 0 aromatic heterocycles. The number of likely N-dealkylation sites (tertiary alicyclic amines) is 1. The Morgan fingerprint density at radius 2 is 2.26 bits per heavy atom. The van der Waals surface area contributed by atoms with Gasteiger partial charge in [0.1, 0.15) is 0 Å². The maximum absolute atomic E-state index is 12.2. The number of carbonyl (C=O) groups is 2. The van der Waals surface area contributed by atoms with Crippen LogP contribution in [0.1, 0.15) is 18.9 Å². The molecule has 1 atom stereocenters. The van der Waals surface area contributed by atoms with Gasteiger partial charge in [0.05, 0.1) is 5.92 Å². The van der Waals surface area contributed by atoms with E-state index in [2.05, 4.69) is 5.32 Å². The lowest BCUT2D eigenvalue weighted by Crippen LogP contribution is -2.28. The number of aryl methyl sites for hydroxylation is 1. The van der Waals surface area contributed by atoms with Crippen LogP contribution in [0.15, 0.2) is 18.2 Å². The largest absolute Gasteiger partial charge is 0.399 e. The number of carbonyl (C=O) groups excluding carboxylic acids is 2. The van der Waals surface area contributed by atoms with Gasteiger partial charge in [0.2, 0.25) is 11.8 Å². The average molecular weight is 261 g/mol. The number of amides is 2. The van der Waals surface area contributed by atoms with Crippen molar-refractivity contribution in [3.05, 3.63) is 23.8 Å². The molecule has 5 heteroatoms. The van der Waals surface area contributed by atoms with Crippen LogP contribution in [0.5, 0.6) is 0 Å². The molecular weight excluding hydrogens is 242 g/mol. The molecule has 19 heavy (non-hydrogen) atoms. The number of hydrogen-bond acceptors (Lipinski definition) is 3. The first kappa shape index (κ1) is 13.4. The first-order chi connectivity index (χ1) is 9.01. The van der Waals surface area contributed by atoms with Crippen molar-refractivity contribution in [1.29, 1.82) is 0 Å². The van der Waals surface area contributed by atoms with Crippen molar-refractivity contribution in [3.8, 4) is 0 Å². The lowest BCUT2D eigenvalue weighted by atomic mass is 10.1. The second-order valence-corrected chi connectivity index (χ2v) is 4.90. The number of anilines is 2. The van der Waals surface area contributed by atoms with Gasteiger partial charge in [0.15, 0.2) is 0 Å². The molecule has 1 heterocycles. The molecule has 1 aliphatic rings. The Bertz CT molecular complexity index is 513. The third kappa shape index (κ3) is 2.86. The van der Waals surface area contributed by atoms with Crippen molar-refractivity contribution in [3.63, 3.8) is 0 Å². The first-order valence-electron chi connectivity index (χ1n) is 6.46. The van der Waals surface area contributed by atoms with Crippen molar-refractivity contribution in [2.24, 2.45) is 5.92 Å². The average Bonchev–Trinajstić information content (AvgIpc) is 2.75. The second-order valence-electron chi connectivity index (χ2n) is 4.90. The smallest absolute Gasteiger partial charge is 0.229 e. The molecule has 1 aliphatic heterocycles. The van der Waals surface area contributed by atoms with Crippen molar-refractivity contribution in [1.82, 2.24) is 4.90 Å². The summed E-state index contributed by atoms with van der Waals surface area (Å²) < 4.78 is 0. The minimum absolute atomic E-state index is 0.0481. The van der Waals surface area contributed by atoms with Gasteiger partial charge in [-0.25, -0.2) is 0 Å². The Morgan fingerprint density at radius 1 is 1.53 bits per heavy atom. The number of nitrogens with two attached hydrogens (primary N) is 1. The molecule has 2 amide bonds. The first-order valence-corrected chi connectivity index (χ1v) is 6.46. The van der Waals surface area contributed by atoms with E-state index in [4.69, 9.17) is 5.73 Å².